The van der Waals surface area contributed by atoms with Gasteiger partial charge in [-0.15, -0.1) is 0 Å². The van der Waals surface area contributed by atoms with Crippen LogP contribution in [0.1, 0.15) is 33.6 Å². The Morgan fingerprint density at radius 2 is 2.14 bits per heavy atom. The van der Waals surface area contributed by atoms with Crippen molar-refractivity contribution in [2.45, 2.75) is 51.4 Å². The molecular weight excluding hydrogens is 182 g/mol. The third-order valence-electron chi connectivity index (χ3n) is 2.09. The molecule has 0 spiro atoms. The highest BCUT2D eigenvalue weighted by atomic mass is 16.6. The SMILES string of the molecule is CC(C)(C)OC(=O)[C@@H]1NCCC[C@@H]1O. The lowest BCUT2D eigenvalue weighted by Crippen LogP contribution is -2.52. The number of hydrogen-bond donors (Lipinski definition) is 2. The van der Waals surface area contributed by atoms with Crippen LogP contribution in [0.25, 0.3) is 0 Å². The molecule has 0 aliphatic carbocycles. The first-order chi connectivity index (χ1) is 6.40. The first kappa shape index (κ1) is 11.5. The number of aliphatic hydroxyl groups excluding tert-OH is 1. The van der Waals surface area contributed by atoms with E-state index in [4.69, 9.17) is 4.74 Å². The predicted octanol–water partition coefficient (Wildman–Crippen LogP) is 0.441. The molecule has 0 saturated carbocycles. The maximum absolute atomic E-state index is 11.6. The van der Waals surface area contributed by atoms with Crippen LogP contribution in [-0.2, 0) is 9.53 Å². The molecule has 14 heavy (non-hydrogen) atoms. The minimum absolute atomic E-state index is 0.357. The van der Waals surface area contributed by atoms with Gasteiger partial charge in [0.1, 0.15) is 11.6 Å². The lowest BCUT2D eigenvalue weighted by molar-refractivity contribution is -0.161. The van der Waals surface area contributed by atoms with Gasteiger partial charge in [-0.25, -0.2) is 0 Å². The lowest BCUT2D eigenvalue weighted by Gasteiger charge is -2.30. The number of aliphatic hydroxyl groups is 1. The fraction of sp³-hybridized carbons (Fsp3) is 0.900. The van der Waals surface area contributed by atoms with Crippen molar-refractivity contribution in [3.8, 4) is 0 Å². The van der Waals surface area contributed by atoms with Gasteiger partial charge in [0.2, 0.25) is 0 Å². The van der Waals surface area contributed by atoms with Crippen LogP contribution in [0.15, 0.2) is 0 Å². The van der Waals surface area contributed by atoms with Crippen LogP contribution in [0.5, 0.6) is 0 Å². The smallest absolute Gasteiger partial charge is 0.326 e. The molecule has 2 N–H and O–H groups in total. The van der Waals surface area contributed by atoms with Crippen LogP contribution in [0.2, 0.25) is 0 Å². The zero-order valence-electron chi connectivity index (χ0n) is 9.04. The Hall–Kier alpha value is -0.610. The molecule has 0 bridgehead atoms. The molecule has 4 heteroatoms. The van der Waals surface area contributed by atoms with Gasteiger partial charge in [-0.3, -0.25) is 4.79 Å². The third-order valence-corrected chi connectivity index (χ3v) is 2.09. The average Bonchev–Trinajstić information content (AvgIpc) is 2.01. The van der Waals surface area contributed by atoms with Crippen molar-refractivity contribution in [2.75, 3.05) is 6.54 Å². The summed E-state index contributed by atoms with van der Waals surface area (Å²) < 4.78 is 5.19. The molecule has 1 fully saturated rings. The molecule has 0 amide bonds. The van der Waals surface area contributed by atoms with Gasteiger partial charge in [-0.2, -0.15) is 0 Å². The highest BCUT2D eigenvalue weighted by Crippen LogP contribution is 2.14. The first-order valence-electron chi connectivity index (χ1n) is 5.04. The fourth-order valence-electron chi connectivity index (χ4n) is 1.48. The van der Waals surface area contributed by atoms with Crippen LogP contribution in [0, 0.1) is 0 Å². The van der Waals surface area contributed by atoms with E-state index in [1.807, 2.05) is 20.8 Å². The molecule has 1 heterocycles. The van der Waals surface area contributed by atoms with Crippen LogP contribution in [0.3, 0.4) is 0 Å². The van der Waals surface area contributed by atoms with Gasteiger partial charge in [0.15, 0.2) is 0 Å². The maximum atomic E-state index is 11.6. The van der Waals surface area contributed by atoms with Crippen LogP contribution >= 0.6 is 0 Å². The number of ether oxygens (including phenoxy) is 1. The summed E-state index contributed by atoms with van der Waals surface area (Å²) in [6, 6.07) is -0.553. The summed E-state index contributed by atoms with van der Waals surface area (Å²) in [7, 11) is 0. The Balaban J connectivity index is 2.50. The van der Waals surface area contributed by atoms with E-state index in [0.29, 0.717) is 6.42 Å². The highest BCUT2D eigenvalue weighted by molar-refractivity contribution is 5.77. The van der Waals surface area contributed by atoms with Gasteiger partial charge in [-0.1, -0.05) is 0 Å². The molecule has 0 aromatic rings. The molecule has 82 valence electrons. The van der Waals surface area contributed by atoms with E-state index < -0.39 is 17.7 Å². The lowest BCUT2D eigenvalue weighted by atomic mass is 10.0. The van der Waals surface area contributed by atoms with E-state index in [1.54, 1.807) is 0 Å². The Morgan fingerprint density at radius 3 is 2.64 bits per heavy atom. The Kier molecular flexibility index (Phi) is 3.50. The standard InChI is InChI=1S/C10H19NO3/c1-10(2,3)14-9(13)8-7(12)5-4-6-11-8/h7-8,11-12H,4-6H2,1-3H3/t7-,8+/m0/s1. The second kappa shape index (κ2) is 4.28. The molecule has 0 radical (unpaired) electrons. The van der Waals surface area contributed by atoms with Gasteiger partial charge in [0.25, 0.3) is 0 Å². The van der Waals surface area contributed by atoms with Gasteiger partial charge >= 0.3 is 5.97 Å². The Labute approximate surface area is 84.6 Å². The fourth-order valence-corrected chi connectivity index (χ4v) is 1.48. The van der Waals surface area contributed by atoms with Crippen molar-refractivity contribution >= 4 is 5.97 Å². The van der Waals surface area contributed by atoms with E-state index in [9.17, 15) is 9.90 Å². The van der Waals surface area contributed by atoms with E-state index >= 15 is 0 Å². The second-order valence-corrected chi connectivity index (χ2v) is 4.67. The second-order valence-electron chi connectivity index (χ2n) is 4.67. The third kappa shape index (κ3) is 3.27. The molecule has 4 nitrogen and oxygen atoms in total. The van der Waals surface area contributed by atoms with Gasteiger partial charge < -0.3 is 15.2 Å². The minimum atomic E-state index is -0.612. The number of esters is 1. The number of hydrogen-bond acceptors (Lipinski definition) is 4. The molecule has 0 aromatic carbocycles. The Morgan fingerprint density at radius 1 is 1.50 bits per heavy atom. The summed E-state index contributed by atoms with van der Waals surface area (Å²) in [4.78, 5) is 11.6. The van der Waals surface area contributed by atoms with Gasteiger partial charge in [0.05, 0.1) is 6.10 Å². The zero-order chi connectivity index (χ0) is 10.8. The minimum Gasteiger partial charge on any atom is -0.459 e. The maximum Gasteiger partial charge on any atom is 0.326 e. The van der Waals surface area contributed by atoms with Crippen LogP contribution in [-0.4, -0.2) is 35.4 Å². The summed E-state index contributed by atoms with van der Waals surface area (Å²) in [5, 5.41) is 12.5. The van der Waals surface area contributed by atoms with Crippen molar-refractivity contribution < 1.29 is 14.6 Å². The van der Waals surface area contributed by atoms with Crippen LogP contribution in [0.4, 0.5) is 0 Å². The van der Waals surface area contributed by atoms with Crippen molar-refractivity contribution in [1.29, 1.82) is 0 Å². The predicted molar refractivity (Wildman–Crippen MR) is 52.9 cm³/mol. The van der Waals surface area contributed by atoms with Crippen molar-refractivity contribution in [2.24, 2.45) is 0 Å². The number of carbonyl (C=O) groups is 1. The molecule has 2 atom stereocenters. The number of nitrogens with one attached hydrogen (secondary N) is 1. The van der Waals surface area contributed by atoms with Crippen LogP contribution < -0.4 is 5.32 Å². The zero-order valence-corrected chi connectivity index (χ0v) is 9.04. The normalized spacial score (nSPS) is 28.6. The summed E-state index contributed by atoms with van der Waals surface area (Å²) in [6.07, 6.45) is 0.954. The topological polar surface area (TPSA) is 58.6 Å². The van der Waals surface area contributed by atoms with Crippen molar-refractivity contribution in [3.05, 3.63) is 0 Å². The molecule has 1 aliphatic rings. The van der Waals surface area contributed by atoms with Crippen molar-refractivity contribution in [3.63, 3.8) is 0 Å². The van der Waals surface area contributed by atoms with Gasteiger partial charge in [-0.05, 0) is 40.2 Å². The van der Waals surface area contributed by atoms with E-state index in [1.165, 1.54) is 0 Å². The van der Waals surface area contributed by atoms with E-state index in [-0.39, 0.29) is 5.97 Å². The summed E-state index contributed by atoms with van der Waals surface area (Å²) in [6.45, 7) is 6.22. The molecule has 1 rings (SSSR count). The van der Waals surface area contributed by atoms with E-state index in [2.05, 4.69) is 5.32 Å². The average molecular weight is 201 g/mol. The molecule has 0 aromatic heterocycles. The first-order valence-corrected chi connectivity index (χ1v) is 5.04. The quantitative estimate of drug-likeness (QED) is 0.604. The van der Waals surface area contributed by atoms with Gasteiger partial charge in [0, 0.05) is 0 Å². The highest BCUT2D eigenvalue weighted by Gasteiger charge is 2.32. The number of piperidine rings is 1. The number of rotatable bonds is 1. The molecule has 1 aliphatic heterocycles. The molecule has 1 saturated heterocycles. The summed E-state index contributed by atoms with van der Waals surface area (Å²) in [5.74, 6) is -0.357. The summed E-state index contributed by atoms with van der Waals surface area (Å²) >= 11 is 0. The molecule has 0 unspecified atom stereocenters. The monoisotopic (exact) mass is 201 g/mol. The summed E-state index contributed by atoms with van der Waals surface area (Å²) in [5.41, 5.74) is -0.490. The number of carbonyl (C=O) groups excluding carboxylic acids is 1. The largest absolute Gasteiger partial charge is 0.459 e. The van der Waals surface area contributed by atoms with E-state index in [0.717, 1.165) is 13.0 Å². The Bertz CT molecular complexity index is 210. The molecular formula is C10H19NO3. The van der Waals surface area contributed by atoms with Crippen molar-refractivity contribution in [1.82, 2.24) is 5.32 Å².